The second kappa shape index (κ2) is 7.58. The predicted molar refractivity (Wildman–Crippen MR) is 86.5 cm³/mol. The fraction of sp³-hybridized carbons (Fsp3) is 0.438. The van der Waals surface area contributed by atoms with Crippen LogP contribution >= 0.6 is 0 Å². The van der Waals surface area contributed by atoms with E-state index < -0.39 is 45.4 Å². The zero-order valence-electron chi connectivity index (χ0n) is 13.8. The lowest BCUT2D eigenvalue weighted by molar-refractivity contribution is -0.134. The number of hydrogen-bond donors (Lipinski definition) is 2. The molecule has 3 atom stereocenters. The molecule has 0 spiro atoms. The number of halogens is 3. The summed E-state index contributed by atoms with van der Waals surface area (Å²) in [6.07, 6.45) is -2.06. The van der Waals surface area contributed by atoms with Gasteiger partial charge in [0, 0.05) is 16.9 Å². The molecule has 0 amide bonds. The second-order valence-corrected chi connectivity index (χ2v) is 8.35. The molecule has 0 aliphatic carbocycles. The van der Waals surface area contributed by atoms with E-state index in [4.69, 9.17) is 5.11 Å². The van der Waals surface area contributed by atoms with Crippen molar-refractivity contribution in [1.29, 1.82) is 0 Å². The maximum absolute atomic E-state index is 14.7. The minimum atomic E-state index is -2.28. The Hall–Kier alpha value is -1.51. The monoisotopic (exact) mass is 363 g/mol. The van der Waals surface area contributed by atoms with Gasteiger partial charge in [0.1, 0.15) is 22.3 Å². The van der Waals surface area contributed by atoms with Crippen LogP contribution in [0.4, 0.5) is 13.2 Å². The number of rotatable bonds is 6. The third kappa shape index (κ3) is 4.75. The van der Waals surface area contributed by atoms with Gasteiger partial charge in [0.2, 0.25) is 5.83 Å². The Balaban J connectivity index is 3.39. The number of alkyl halides is 1. The number of carbonyl (C=O) groups is 1. The summed E-state index contributed by atoms with van der Waals surface area (Å²) in [7, 11) is 0. The quantitative estimate of drug-likeness (QED) is 0.600. The van der Waals surface area contributed by atoms with Gasteiger partial charge in [-0.3, -0.25) is 0 Å². The molecular weight excluding hydrogens is 343 g/mol. The Morgan fingerprint density at radius 3 is 2.33 bits per heavy atom. The molecule has 0 heterocycles. The first-order chi connectivity index (χ1) is 10.9. The van der Waals surface area contributed by atoms with Crippen LogP contribution < -0.4 is 4.72 Å². The van der Waals surface area contributed by atoms with E-state index in [0.717, 1.165) is 6.07 Å². The highest BCUT2D eigenvalue weighted by Gasteiger charge is 2.44. The smallest absolute Gasteiger partial charge is 0.364 e. The molecule has 0 aromatic heterocycles. The first-order valence-corrected chi connectivity index (χ1v) is 8.24. The molecule has 0 bridgehead atoms. The SMILES string of the molecule is CC(C)(C)[S@@+]([O-])N[C@](C)(c1ccccc1F)[C@@H](F)C=C(F)C(=O)O. The van der Waals surface area contributed by atoms with Crippen LogP contribution in [0.2, 0.25) is 0 Å². The van der Waals surface area contributed by atoms with E-state index >= 15 is 0 Å². The number of carboxylic acids is 1. The van der Waals surface area contributed by atoms with E-state index in [1.54, 1.807) is 20.8 Å². The van der Waals surface area contributed by atoms with Gasteiger partial charge in [-0.05, 0) is 39.8 Å². The third-order valence-corrected chi connectivity index (χ3v) is 5.06. The molecule has 0 fully saturated rings. The summed E-state index contributed by atoms with van der Waals surface area (Å²) in [5.41, 5.74) is -2.12. The van der Waals surface area contributed by atoms with Gasteiger partial charge in [-0.1, -0.05) is 18.2 Å². The second-order valence-electron chi connectivity index (χ2n) is 6.39. The third-order valence-electron chi connectivity index (χ3n) is 3.34. The van der Waals surface area contributed by atoms with E-state index in [2.05, 4.69) is 4.72 Å². The van der Waals surface area contributed by atoms with Crippen LogP contribution in [0.5, 0.6) is 0 Å². The lowest BCUT2D eigenvalue weighted by Gasteiger charge is -2.36. The first kappa shape index (κ1) is 20.5. The van der Waals surface area contributed by atoms with Crippen LogP contribution in [0, 0.1) is 5.82 Å². The molecule has 0 radical (unpaired) electrons. The fourth-order valence-electron chi connectivity index (χ4n) is 1.85. The molecule has 0 saturated heterocycles. The van der Waals surface area contributed by atoms with E-state index in [9.17, 15) is 22.5 Å². The van der Waals surface area contributed by atoms with Crippen LogP contribution in [0.3, 0.4) is 0 Å². The molecule has 134 valence electrons. The normalized spacial score (nSPS) is 17.9. The van der Waals surface area contributed by atoms with E-state index in [-0.39, 0.29) is 11.6 Å². The molecule has 1 aromatic rings. The van der Waals surface area contributed by atoms with Crippen molar-refractivity contribution < 1.29 is 27.6 Å². The van der Waals surface area contributed by atoms with Crippen LogP contribution in [0.15, 0.2) is 36.2 Å². The highest BCUT2D eigenvalue weighted by molar-refractivity contribution is 7.90. The van der Waals surface area contributed by atoms with Crippen LogP contribution in [-0.2, 0) is 21.7 Å². The Morgan fingerprint density at radius 1 is 1.33 bits per heavy atom. The van der Waals surface area contributed by atoms with Gasteiger partial charge >= 0.3 is 5.97 Å². The maximum Gasteiger partial charge on any atom is 0.364 e. The van der Waals surface area contributed by atoms with Crippen molar-refractivity contribution >= 4 is 17.3 Å². The molecule has 1 rings (SSSR count). The van der Waals surface area contributed by atoms with Gasteiger partial charge in [0.15, 0.2) is 0 Å². The Bertz CT molecular complexity index is 633. The predicted octanol–water partition coefficient (Wildman–Crippen LogP) is 3.37. The molecule has 0 aliphatic rings. The van der Waals surface area contributed by atoms with Crippen molar-refractivity contribution in [3.63, 3.8) is 0 Å². The van der Waals surface area contributed by atoms with Gasteiger partial charge in [-0.15, -0.1) is 4.72 Å². The molecule has 1 aromatic carbocycles. The largest absolute Gasteiger partial charge is 0.598 e. The highest BCUT2D eigenvalue weighted by Crippen LogP contribution is 2.33. The zero-order chi connectivity index (χ0) is 18.7. The Kier molecular flexibility index (Phi) is 6.49. The standard InChI is InChI=1S/C16H20F3NO3S/c1-15(2,3)24(23)20-16(4,10-7-5-6-8-11(10)17)13(19)9-12(18)14(21)22/h5-9,13,20H,1-4H3,(H,21,22)/t13-,16+,24+/m0/s1. The average molecular weight is 363 g/mol. The molecule has 2 N–H and O–H groups in total. The summed E-state index contributed by atoms with van der Waals surface area (Å²) in [5.74, 6) is -4.44. The molecule has 8 heteroatoms. The Labute approximate surface area is 142 Å². The zero-order valence-corrected chi connectivity index (χ0v) is 14.6. The van der Waals surface area contributed by atoms with Crippen molar-refractivity contribution in [2.75, 3.05) is 0 Å². The average Bonchev–Trinajstić information content (AvgIpc) is 2.46. The Morgan fingerprint density at radius 2 is 1.88 bits per heavy atom. The van der Waals surface area contributed by atoms with Gasteiger partial charge in [-0.25, -0.2) is 13.6 Å². The minimum Gasteiger partial charge on any atom is -0.598 e. The summed E-state index contributed by atoms with van der Waals surface area (Å²) in [6, 6.07) is 5.18. The van der Waals surface area contributed by atoms with Crippen molar-refractivity contribution in [1.82, 2.24) is 4.72 Å². The van der Waals surface area contributed by atoms with E-state index in [1.165, 1.54) is 25.1 Å². The van der Waals surface area contributed by atoms with Gasteiger partial charge in [0.05, 0.1) is 0 Å². The molecule has 0 saturated carbocycles. The molecule has 0 unspecified atom stereocenters. The van der Waals surface area contributed by atoms with Gasteiger partial charge in [0.25, 0.3) is 0 Å². The van der Waals surface area contributed by atoms with E-state index in [0.29, 0.717) is 0 Å². The molecular formula is C16H20F3NO3S. The van der Waals surface area contributed by atoms with Crippen LogP contribution in [0.25, 0.3) is 0 Å². The molecule has 0 aliphatic heterocycles. The van der Waals surface area contributed by atoms with Crippen LogP contribution in [0.1, 0.15) is 33.3 Å². The highest BCUT2D eigenvalue weighted by atomic mass is 32.2. The van der Waals surface area contributed by atoms with Crippen molar-refractivity contribution in [2.24, 2.45) is 0 Å². The summed E-state index contributed by atoms with van der Waals surface area (Å²) in [5, 5.41) is 8.57. The number of hydrogen-bond acceptors (Lipinski definition) is 3. The topological polar surface area (TPSA) is 72.4 Å². The lowest BCUT2D eigenvalue weighted by Crippen LogP contribution is -2.54. The maximum atomic E-state index is 14.7. The first-order valence-electron chi connectivity index (χ1n) is 7.09. The van der Waals surface area contributed by atoms with Crippen molar-refractivity contribution in [3.8, 4) is 0 Å². The lowest BCUT2D eigenvalue weighted by atomic mass is 9.87. The number of carboxylic acid groups (broad SMARTS) is 1. The number of benzene rings is 1. The molecule has 4 nitrogen and oxygen atoms in total. The van der Waals surface area contributed by atoms with Crippen LogP contribution in [-0.4, -0.2) is 26.5 Å². The summed E-state index contributed by atoms with van der Waals surface area (Å²) < 4.78 is 56.3. The van der Waals surface area contributed by atoms with Crippen molar-refractivity contribution in [3.05, 3.63) is 47.5 Å². The summed E-state index contributed by atoms with van der Waals surface area (Å²) in [4.78, 5) is 10.6. The minimum absolute atomic E-state index is 0.190. The van der Waals surface area contributed by atoms with Crippen molar-refractivity contribution in [2.45, 2.75) is 44.2 Å². The van der Waals surface area contributed by atoms with Gasteiger partial charge < -0.3 is 9.66 Å². The van der Waals surface area contributed by atoms with Gasteiger partial charge in [-0.2, -0.15) is 4.39 Å². The number of aliphatic carboxylic acids is 1. The number of nitrogens with one attached hydrogen (secondary N) is 1. The fourth-order valence-corrected chi connectivity index (χ4v) is 2.77. The summed E-state index contributed by atoms with van der Waals surface area (Å²) in [6.45, 7) is 6.07. The molecule has 24 heavy (non-hydrogen) atoms. The summed E-state index contributed by atoms with van der Waals surface area (Å²) >= 11 is -1.82. The van der Waals surface area contributed by atoms with E-state index in [1.807, 2.05) is 0 Å².